The van der Waals surface area contributed by atoms with Gasteiger partial charge in [0.25, 0.3) is 0 Å². The van der Waals surface area contributed by atoms with Gasteiger partial charge in [0.2, 0.25) is 0 Å². The first-order chi connectivity index (χ1) is 12.9. The van der Waals surface area contributed by atoms with E-state index >= 15 is 0 Å². The van der Waals surface area contributed by atoms with Crippen molar-refractivity contribution in [1.29, 1.82) is 0 Å². The second-order valence-electron chi connectivity index (χ2n) is 7.22. The normalized spacial score (nSPS) is 14.8. The number of fused-ring (bicyclic) bond motifs is 5. The van der Waals surface area contributed by atoms with Gasteiger partial charge >= 0.3 is 0 Å². The molecule has 0 spiro atoms. The SMILES string of the molecule is C1=Cc2ccc3c(c2CC1)CCc1c(/C=C/c2ccccc2)cccc1-3. The molecular weight excluding hydrogens is 312 g/mol. The average molecular weight is 334 g/mol. The lowest BCUT2D eigenvalue weighted by atomic mass is 9.78. The molecule has 0 radical (unpaired) electrons. The summed E-state index contributed by atoms with van der Waals surface area (Å²) in [5.41, 5.74) is 11.6. The van der Waals surface area contributed by atoms with E-state index in [1.165, 1.54) is 46.2 Å². The molecule has 5 rings (SSSR count). The Hall–Kier alpha value is -2.86. The maximum Gasteiger partial charge on any atom is -0.0143 e. The molecule has 0 fully saturated rings. The first-order valence-corrected chi connectivity index (χ1v) is 9.57. The van der Waals surface area contributed by atoms with Gasteiger partial charge in [0.05, 0.1) is 0 Å². The Morgan fingerprint density at radius 1 is 0.615 bits per heavy atom. The standard InChI is InChI=1S/C26H22/c1-2-7-19(8-3-1)13-14-21-10-6-12-24-23(21)17-18-25-22-11-5-4-9-20(22)15-16-26(24)25/h1-4,6-10,12-16H,5,11,17-18H2/b14-13+. The summed E-state index contributed by atoms with van der Waals surface area (Å²) >= 11 is 0. The van der Waals surface area contributed by atoms with Crippen LogP contribution in [0.25, 0.3) is 29.4 Å². The summed E-state index contributed by atoms with van der Waals surface area (Å²) in [5.74, 6) is 0. The van der Waals surface area contributed by atoms with Crippen molar-refractivity contribution >= 4 is 18.2 Å². The zero-order valence-electron chi connectivity index (χ0n) is 14.9. The van der Waals surface area contributed by atoms with Crippen molar-refractivity contribution in [3.8, 4) is 11.1 Å². The highest BCUT2D eigenvalue weighted by Crippen LogP contribution is 2.39. The third-order valence-electron chi connectivity index (χ3n) is 5.71. The molecular formula is C26H22. The molecule has 0 nitrogen and oxygen atoms in total. The van der Waals surface area contributed by atoms with E-state index in [-0.39, 0.29) is 0 Å². The van der Waals surface area contributed by atoms with Crippen molar-refractivity contribution < 1.29 is 0 Å². The van der Waals surface area contributed by atoms with E-state index in [9.17, 15) is 0 Å². The molecule has 0 unspecified atom stereocenters. The lowest BCUT2D eigenvalue weighted by Gasteiger charge is -2.26. The van der Waals surface area contributed by atoms with Crippen LogP contribution >= 0.6 is 0 Å². The maximum absolute atomic E-state index is 2.34. The smallest absolute Gasteiger partial charge is 0.0143 e. The van der Waals surface area contributed by atoms with E-state index in [4.69, 9.17) is 0 Å². The highest BCUT2D eigenvalue weighted by molar-refractivity contribution is 5.82. The van der Waals surface area contributed by atoms with Crippen LogP contribution in [-0.2, 0) is 19.3 Å². The van der Waals surface area contributed by atoms with Crippen molar-refractivity contribution in [3.05, 3.63) is 100 Å². The topological polar surface area (TPSA) is 0 Å². The van der Waals surface area contributed by atoms with Gasteiger partial charge in [-0.1, -0.05) is 85.0 Å². The van der Waals surface area contributed by atoms with Crippen molar-refractivity contribution in [2.45, 2.75) is 25.7 Å². The predicted octanol–water partition coefficient (Wildman–Crippen LogP) is 6.58. The minimum Gasteiger partial charge on any atom is -0.0836 e. The van der Waals surface area contributed by atoms with Crippen LogP contribution in [0.15, 0.2) is 66.7 Å². The van der Waals surface area contributed by atoms with Gasteiger partial charge in [-0.2, -0.15) is 0 Å². The van der Waals surface area contributed by atoms with Crippen LogP contribution in [0.4, 0.5) is 0 Å². The molecule has 2 aliphatic rings. The fourth-order valence-electron chi connectivity index (χ4n) is 4.43. The number of hydrogen-bond acceptors (Lipinski definition) is 0. The highest BCUT2D eigenvalue weighted by atomic mass is 14.3. The zero-order valence-corrected chi connectivity index (χ0v) is 14.9. The van der Waals surface area contributed by atoms with Crippen LogP contribution in [0.1, 0.15) is 39.8 Å². The zero-order chi connectivity index (χ0) is 17.3. The van der Waals surface area contributed by atoms with Crippen molar-refractivity contribution in [2.75, 3.05) is 0 Å². The molecule has 2 aliphatic carbocycles. The van der Waals surface area contributed by atoms with Gasteiger partial charge in [0.15, 0.2) is 0 Å². The number of rotatable bonds is 2. The second kappa shape index (κ2) is 6.46. The summed E-state index contributed by atoms with van der Waals surface area (Å²) < 4.78 is 0. The van der Waals surface area contributed by atoms with Crippen LogP contribution in [0.2, 0.25) is 0 Å². The minimum absolute atomic E-state index is 1.14. The van der Waals surface area contributed by atoms with Crippen molar-refractivity contribution in [2.24, 2.45) is 0 Å². The fourth-order valence-corrected chi connectivity index (χ4v) is 4.43. The molecule has 0 saturated heterocycles. The summed E-state index contributed by atoms with van der Waals surface area (Å²) in [6.07, 6.45) is 13.8. The fraction of sp³-hybridized carbons (Fsp3) is 0.154. The minimum atomic E-state index is 1.14. The molecule has 0 heterocycles. The van der Waals surface area contributed by atoms with Crippen LogP contribution in [-0.4, -0.2) is 0 Å². The monoisotopic (exact) mass is 334 g/mol. The van der Waals surface area contributed by atoms with E-state index in [0.29, 0.717) is 0 Å². The number of hydrogen-bond donors (Lipinski definition) is 0. The lowest BCUT2D eigenvalue weighted by Crippen LogP contribution is -2.10. The molecule has 0 N–H and O–H groups in total. The van der Waals surface area contributed by atoms with Gasteiger partial charge in [-0.15, -0.1) is 0 Å². The van der Waals surface area contributed by atoms with Crippen LogP contribution in [0.5, 0.6) is 0 Å². The largest absolute Gasteiger partial charge is 0.0836 e. The number of allylic oxidation sites excluding steroid dienone is 1. The van der Waals surface area contributed by atoms with Gasteiger partial charge < -0.3 is 0 Å². The number of benzene rings is 3. The van der Waals surface area contributed by atoms with Crippen LogP contribution in [0, 0.1) is 0 Å². The van der Waals surface area contributed by atoms with E-state index in [0.717, 1.165) is 12.8 Å². The lowest BCUT2D eigenvalue weighted by molar-refractivity contribution is 0.886. The summed E-state index contributed by atoms with van der Waals surface area (Å²) in [6, 6.07) is 22.0. The van der Waals surface area contributed by atoms with E-state index in [1.54, 1.807) is 11.1 Å². The molecule has 0 atom stereocenters. The van der Waals surface area contributed by atoms with Gasteiger partial charge in [0.1, 0.15) is 0 Å². The average Bonchev–Trinajstić information content (AvgIpc) is 2.72. The molecule has 26 heavy (non-hydrogen) atoms. The highest BCUT2D eigenvalue weighted by Gasteiger charge is 2.22. The third kappa shape index (κ3) is 2.63. The Labute approximate surface area is 155 Å². The van der Waals surface area contributed by atoms with Crippen LogP contribution < -0.4 is 0 Å². The summed E-state index contributed by atoms with van der Waals surface area (Å²) in [5, 5.41) is 0. The van der Waals surface area contributed by atoms with Gasteiger partial charge in [0, 0.05) is 0 Å². The molecule has 3 aromatic rings. The Morgan fingerprint density at radius 2 is 1.46 bits per heavy atom. The van der Waals surface area contributed by atoms with Gasteiger partial charge in [-0.05, 0) is 70.2 Å². The van der Waals surface area contributed by atoms with Gasteiger partial charge in [-0.25, -0.2) is 0 Å². The van der Waals surface area contributed by atoms with E-state index in [2.05, 4.69) is 85.0 Å². The Balaban J connectivity index is 1.59. The van der Waals surface area contributed by atoms with E-state index < -0.39 is 0 Å². The molecule has 3 aromatic carbocycles. The van der Waals surface area contributed by atoms with Crippen molar-refractivity contribution in [3.63, 3.8) is 0 Å². The summed E-state index contributed by atoms with van der Waals surface area (Å²) in [7, 11) is 0. The molecule has 0 amide bonds. The molecule has 0 heteroatoms. The Bertz CT molecular complexity index is 1020. The third-order valence-corrected chi connectivity index (χ3v) is 5.71. The van der Waals surface area contributed by atoms with Gasteiger partial charge in [-0.3, -0.25) is 0 Å². The molecule has 0 bridgehead atoms. The quantitative estimate of drug-likeness (QED) is 0.464. The Morgan fingerprint density at radius 3 is 2.38 bits per heavy atom. The Kier molecular flexibility index (Phi) is 3.83. The molecule has 0 saturated carbocycles. The summed E-state index contributed by atoms with van der Waals surface area (Å²) in [4.78, 5) is 0. The summed E-state index contributed by atoms with van der Waals surface area (Å²) in [6.45, 7) is 0. The maximum atomic E-state index is 2.34. The van der Waals surface area contributed by atoms with E-state index in [1.807, 2.05) is 0 Å². The molecule has 126 valence electrons. The molecule has 0 aliphatic heterocycles. The first-order valence-electron chi connectivity index (χ1n) is 9.57. The van der Waals surface area contributed by atoms with Crippen LogP contribution in [0.3, 0.4) is 0 Å². The molecule has 0 aromatic heterocycles. The van der Waals surface area contributed by atoms with Crippen molar-refractivity contribution in [1.82, 2.24) is 0 Å². The predicted molar refractivity (Wildman–Crippen MR) is 112 cm³/mol. The first kappa shape index (κ1) is 15.4. The second-order valence-corrected chi connectivity index (χ2v) is 7.22.